The van der Waals surface area contributed by atoms with Crippen molar-refractivity contribution < 1.29 is 12.8 Å². The van der Waals surface area contributed by atoms with E-state index >= 15 is 0 Å². The Morgan fingerprint density at radius 1 is 1.14 bits per heavy atom. The zero-order valence-corrected chi connectivity index (χ0v) is 17.8. The number of hydrogen-bond donors (Lipinski definition) is 0. The summed E-state index contributed by atoms with van der Waals surface area (Å²) in [5.41, 5.74) is 3.58. The third kappa shape index (κ3) is 3.59. The predicted molar refractivity (Wildman–Crippen MR) is 116 cm³/mol. The molecule has 4 aromatic rings. The lowest BCUT2D eigenvalue weighted by molar-refractivity contribution is 0.579. The Morgan fingerprint density at radius 3 is 2.59 bits per heavy atom. The Balaban J connectivity index is 1.92. The Hall–Kier alpha value is -2.90. The minimum absolute atomic E-state index is 0.174. The summed E-state index contributed by atoms with van der Waals surface area (Å²) in [6, 6.07) is 14.5. The van der Waals surface area contributed by atoms with Gasteiger partial charge in [-0.05, 0) is 32.0 Å². The molecule has 0 saturated heterocycles. The molecule has 0 aliphatic rings. The van der Waals surface area contributed by atoms with Crippen LogP contribution in [0.1, 0.15) is 11.3 Å². The van der Waals surface area contributed by atoms with Gasteiger partial charge in [0.15, 0.2) is 0 Å². The van der Waals surface area contributed by atoms with Crippen LogP contribution in [0.3, 0.4) is 0 Å². The Kier molecular flexibility index (Phi) is 5.02. The van der Waals surface area contributed by atoms with Crippen LogP contribution < -0.4 is 4.80 Å². The minimum atomic E-state index is -3.82. The van der Waals surface area contributed by atoms with Crippen LogP contribution in [0, 0.1) is 13.8 Å². The van der Waals surface area contributed by atoms with E-state index in [1.807, 2.05) is 48.1 Å². The van der Waals surface area contributed by atoms with Gasteiger partial charge in [-0.25, -0.2) is 0 Å². The van der Waals surface area contributed by atoms with E-state index in [1.54, 1.807) is 30.3 Å². The molecule has 4 rings (SSSR count). The maximum atomic E-state index is 12.8. The van der Waals surface area contributed by atoms with Gasteiger partial charge in [0.2, 0.25) is 4.80 Å². The van der Waals surface area contributed by atoms with E-state index in [0.717, 1.165) is 33.6 Å². The molecule has 0 N–H and O–H groups in total. The first-order valence-corrected chi connectivity index (χ1v) is 11.4. The SMILES string of the molecule is C=CCn1c(-c2c(C)oc3ccccc23)csc1=NS(=O)(=O)c1ccc(C)cc1. The largest absolute Gasteiger partial charge is 0.461 e. The highest BCUT2D eigenvalue weighted by atomic mass is 32.2. The number of furan rings is 1. The molecule has 2 heterocycles. The molecule has 5 nitrogen and oxygen atoms in total. The fourth-order valence-electron chi connectivity index (χ4n) is 3.26. The van der Waals surface area contributed by atoms with Crippen LogP contribution in [0.2, 0.25) is 0 Å². The number of benzene rings is 2. The van der Waals surface area contributed by atoms with Gasteiger partial charge in [-0.3, -0.25) is 0 Å². The van der Waals surface area contributed by atoms with E-state index in [0.29, 0.717) is 11.3 Å². The van der Waals surface area contributed by atoms with E-state index < -0.39 is 10.0 Å². The molecular formula is C22H20N2O3S2. The van der Waals surface area contributed by atoms with Gasteiger partial charge in [-0.1, -0.05) is 42.0 Å². The van der Waals surface area contributed by atoms with Crippen molar-refractivity contribution in [3.63, 3.8) is 0 Å². The van der Waals surface area contributed by atoms with Crippen LogP contribution in [0.15, 0.2) is 80.3 Å². The molecule has 2 aromatic heterocycles. The van der Waals surface area contributed by atoms with Crippen molar-refractivity contribution in [3.05, 3.63) is 82.7 Å². The van der Waals surface area contributed by atoms with Gasteiger partial charge in [-0.2, -0.15) is 8.42 Å². The number of para-hydroxylation sites is 1. The van der Waals surface area contributed by atoms with Gasteiger partial charge in [-0.15, -0.1) is 22.3 Å². The van der Waals surface area contributed by atoms with Crippen LogP contribution in [-0.2, 0) is 16.6 Å². The smallest absolute Gasteiger partial charge is 0.285 e. The molecule has 29 heavy (non-hydrogen) atoms. The topological polar surface area (TPSA) is 64.6 Å². The number of hydrogen-bond acceptors (Lipinski definition) is 4. The molecule has 0 radical (unpaired) electrons. The van der Waals surface area contributed by atoms with E-state index in [-0.39, 0.29) is 4.90 Å². The second kappa shape index (κ2) is 7.50. The van der Waals surface area contributed by atoms with Crippen LogP contribution >= 0.6 is 11.3 Å². The standard InChI is InChI=1S/C22H20N2O3S2/c1-4-13-24-19(21-16(3)27-20-8-6-5-7-18(20)21)14-28-22(24)23-29(25,26)17-11-9-15(2)10-12-17/h4-12,14H,1,13H2,2-3H3. The van der Waals surface area contributed by atoms with Gasteiger partial charge in [0.05, 0.1) is 10.6 Å². The first-order chi connectivity index (χ1) is 13.9. The van der Waals surface area contributed by atoms with Crippen LogP contribution in [0.25, 0.3) is 22.2 Å². The van der Waals surface area contributed by atoms with Crippen molar-refractivity contribution in [1.29, 1.82) is 0 Å². The van der Waals surface area contributed by atoms with Gasteiger partial charge in [0.1, 0.15) is 11.3 Å². The number of aryl methyl sites for hydroxylation is 2. The maximum Gasteiger partial charge on any atom is 0.285 e. The lowest BCUT2D eigenvalue weighted by Gasteiger charge is -2.06. The van der Waals surface area contributed by atoms with Crippen molar-refractivity contribution in [2.45, 2.75) is 25.3 Å². The third-order valence-electron chi connectivity index (χ3n) is 4.65. The molecule has 148 valence electrons. The minimum Gasteiger partial charge on any atom is -0.461 e. The number of aromatic nitrogens is 1. The molecule has 0 unspecified atom stereocenters. The lowest BCUT2D eigenvalue weighted by Crippen LogP contribution is -2.17. The summed E-state index contributed by atoms with van der Waals surface area (Å²) in [7, 11) is -3.82. The molecule has 7 heteroatoms. The molecule has 0 bridgehead atoms. The van der Waals surface area contributed by atoms with Crippen LogP contribution in [0.5, 0.6) is 0 Å². The lowest BCUT2D eigenvalue weighted by atomic mass is 10.1. The summed E-state index contributed by atoms with van der Waals surface area (Å²) in [5.74, 6) is 0.773. The summed E-state index contributed by atoms with van der Waals surface area (Å²) in [6.45, 7) is 8.07. The van der Waals surface area contributed by atoms with Crippen LogP contribution in [0.4, 0.5) is 0 Å². The summed E-state index contributed by atoms with van der Waals surface area (Å²) in [5, 5.41) is 2.89. The summed E-state index contributed by atoms with van der Waals surface area (Å²) < 4.78 is 37.5. The van der Waals surface area contributed by atoms with Crippen molar-refractivity contribution in [2.75, 3.05) is 0 Å². The van der Waals surface area contributed by atoms with Crippen molar-refractivity contribution in [1.82, 2.24) is 4.57 Å². The van der Waals surface area contributed by atoms with Gasteiger partial charge in [0.25, 0.3) is 10.0 Å². The second-order valence-corrected chi connectivity index (χ2v) is 9.15. The quantitative estimate of drug-likeness (QED) is 0.421. The van der Waals surface area contributed by atoms with E-state index in [1.165, 1.54) is 11.3 Å². The van der Waals surface area contributed by atoms with Gasteiger partial charge >= 0.3 is 0 Å². The number of fused-ring (bicyclic) bond motifs is 1. The fourth-order valence-corrected chi connectivity index (χ4v) is 5.38. The number of rotatable bonds is 5. The first kappa shape index (κ1) is 19.4. The highest BCUT2D eigenvalue weighted by molar-refractivity contribution is 7.90. The zero-order chi connectivity index (χ0) is 20.6. The number of allylic oxidation sites excluding steroid dienone is 1. The second-order valence-electron chi connectivity index (χ2n) is 6.71. The average Bonchev–Trinajstić information content (AvgIpc) is 3.21. The Bertz CT molecular complexity index is 1370. The van der Waals surface area contributed by atoms with Crippen molar-refractivity contribution in [3.8, 4) is 11.3 Å². The van der Waals surface area contributed by atoms with E-state index in [9.17, 15) is 8.42 Å². The predicted octanol–water partition coefficient (Wildman–Crippen LogP) is 5.06. The molecule has 0 aliphatic heterocycles. The highest BCUT2D eigenvalue weighted by Gasteiger charge is 2.19. The number of nitrogens with zero attached hydrogens (tertiary/aromatic N) is 2. The molecule has 0 amide bonds. The Morgan fingerprint density at radius 2 is 1.86 bits per heavy atom. The summed E-state index contributed by atoms with van der Waals surface area (Å²) >= 11 is 1.28. The zero-order valence-electron chi connectivity index (χ0n) is 16.1. The normalized spacial score (nSPS) is 12.6. The van der Waals surface area contributed by atoms with Crippen molar-refractivity contribution >= 4 is 32.3 Å². The summed E-state index contributed by atoms with van der Waals surface area (Å²) in [4.78, 5) is 0.568. The third-order valence-corrected chi connectivity index (χ3v) is 6.91. The monoisotopic (exact) mass is 424 g/mol. The molecular weight excluding hydrogens is 404 g/mol. The maximum absolute atomic E-state index is 12.8. The number of thiazole rings is 1. The first-order valence-electron chi connectivity index (χ1n) is 9.06. The van der Waals surface area contributed by atoms with E-state index in [2.05, 4.69) is 11.0 Å². The highest BCUT2D eigenvalue weighted by Crippen LogP contribution is 2.34. The van der Waals surface area contributed by atoms with Crippen LogP contribution in [-0.4, -0.2) is 13.0 Å². The van der Waals surface area contributed by atoms with Crippen molar-refractivity contribution in [2.24, 2.45) is 4.40 Å². The molecule has 0 atom stereocenters. The van der Waals surface area contributed by atoms with Gasteiger partial charge < -0.3 is 8.98 Å². The number of sulfonamides is 1. The van der Waals surface area contributed by atoms with Gasteiger partial charge in [0, 0.05) is 22.9 Å². The molecule has 2 aromatic carbocycles. The molecule has 0 fully saturated rings. The summed E-state index contributed by atoms with van der Waals surface area (Å²) in [6.07, 6.45) is 1.73. The molecule has 0 spiro atoms. The molecule has 0 aliphatic carbocycles. The van der Waals surface area contributed by atoms with E-state index in [4.69, 9.17) is 4.42 Å². The average molecular weight is 425 g/mol. The Labute approximate surface area is 173 Å². The molecule has 0 saturated carbocycles. The fraction of sp³-hybridized carbons (Fsp3) is 0.136.